The van der Waals surface area contributed by atoms with E-state index in [1.165, 1.54) is 0 Å². The third kappa shape index (κ3) is 2.61. The van der Waals surface area contributed by atoms with Crippen molar-refractivity contribution in [2.24, 2.45) is 0 Å². The van der Waals surface area contributed by atoms with Gasteiger partial charge in [0.15, 0.2) is 5.75 Å². The van der Waals surface area contributed by atoms with E-state index in [0.717, 1.165) is 11.3 Å². The van der Waals surface area contributed by atoms with Gasteiger partial charge >= 0.3 is 0 Å². The number of rotatable bonds is 0. The molecule has 1 aromatic rings. The van der Waals surface area contributed by atoms with Crippen LogP contribution in [0.4, 0.5) is 0 Å². The number of carbonyl (C=O) groups is 1. The van der Waals surface area contributed by atoms with Gasteiger partial charge < -0.3 is 15.8 Å². The molecule has 0 fully saturated rings. The van der Waals surface area contributed by atoms with Crippen LogP contribution in [0.1, 0.15) is 5.56 Å². The van der Waals surface area contributed by atoms with E-state index in [1.54, 1.807) is 6.20 Å². The van der Waals surface area contributed by atoms with E-state index >= 15 is 0 Å². The Bertz CT molecular complexity index is 287. The first-order valence-corrected chi connectivity index (χ1v) is 3.43. The van der Waals surface area contributed by atoms with Crippen molar-refractivity contribution in [3.63, 3.8) is 0 Å². The van der Waals surface area contributed by atoms with Gasteiger partial charge in [0.25, 0.3) is 0 Å². The molecule has 0 amide bonds. The second-order valence-electron chi connectivity index (χ2n) is 2.09. The summed E-state index contributed by atoms with van der Waals surface area (Å²) in [5.74, 6) is 0.880. The lowest BCUT2D eigenvalue weighted by Gasteiger charge is -2.11. The predicted octanol–water partition coefficient (Wildman–Crippen LogP) is 1.53. The molecule has 0 radical (unpaired) electrons. The maximum atomic E-state index is 8.00. The van der Waals surface area contributed by atoms with E-state index < -0.39 is 0 Å². The molecule has 0 spiro atoms. The molecule has 1 aliphatic rings. The summed E-state index contributed by atoms with van der Waals surface area (Å²) in [5.41, 5.74) is 3.77. The molecular weight excluding hydrogens is 168 g/mol. The van der Waals surface area contributed by atoms with Gasteiger partial charge in [0.2, 0.25) is 0 Å². The standard InChI is InChI=1S/C8H7NO.CH2O.H3N/c1-2-4-8-7(3-1)5-6-9-10-8;1-2;/h1-6,9H;1H2;1H3. The third-order valence-electron chi connectivity index (χ3n) is 1.42. The molecule has 1 heterocycles. The maximum absolute atomic E-state index is 8.00. The van der Waals surface area contributed by atoms with Crippen molar-refractivity contribution in [2.45, 2.75) is 0 Å². The van der Waals surface area contributed by atoms with Crippen molar-refractivity contribution in [3.05, 3.63) is 36.0 Å². The number of hydrogen-bond donors (Lipinski definition) is 2. The number of carbonyl (C=O) groups excluding carboxylic acids is 1. The Morgan fingerprint density at radius 3 is 2.62 bits per heavy atom. The van der Waals surface area contributed by atoms with Crippen molar-refractivity contribution in [1.82, 2.24) is 11.6 Å². The van der Waals surface area contributed by atoms with Crippen LogP contribution < -0.4 is 16.5 Å². The van der Waals surface area contributed by atoms with Gasteiger partial charge in [-0.3, -0.25) is 0 Å². The van der Waals surface area contributed by atoms with E-state index in [-0.39, 0.29) is 6.15 Å². The minimum absolute atomic E-state index is 0. The van der Waals surface area contributed by atoms with Gasteiger partial charge in [0, 0.05) is 11.8 Å². The first-order valence-electron chi connectivity index (χ1n) is 3.43. The summed E-state index contributed by atoms with van der Waals surface area (Å²) in [6.07, 6.45) is 3.74. The summed E-state index contributed by atoms with van der Waals surface area (Å²) in [6, 6.07) is 7.86. The second kappa shape index (κ2) is 5.79. The fourth-order valence-electron chi connectivity index (χ4n) is 0.932. The molecule has 1 aliphatic heterocycles. The molecule has 2 rings (SSSR count). The van der Waals surface area contributed by atoms with Crippen molar-refractivity contribution in [3.8, 4) is 5.75 Å². The highest BCUT2D eigenvalue weighted by Crippen LogP contribution is 2.20. The van der Waals surface area contributed by atoms with E-state index in [2.05, 4.69) is 5.48 Å². The summed E-state index contributed by atoms with van der Waals surface area (Å²) in [6.45, 7) is 2.00. The number of benzene rings is 1. The van der Waals surface area contributed by atoms with E-state index in [0.29, 0.717) is 0 Å². The summed E-state index contributed by atoms with van der Waals surface area (Å²) in [4.78, 5) is 13.1. The van der Waals surface area contributed by atoms with Crippen molar-refractivity contribution < 1.29 is 9.63 Å². The van der Waals surface area contributed by atoms with Crippen LogP contribution in [0.2, 0.25) is 0 Å². The molecule has 0 aromatic heterocycles. The molecule has 0 aliphatic carbocycles. The van der Waals surface area contributed by atoms with Gasteiger partial charge in [-0.1, -0.05) is 18.2 Å². The topological polar surface area (TPSA) is 73.3 Å². The Kier molecular flexibility index (Phi) is 4.99. The SMILES string of the molecule is C1=Cc2ccccc2ON1.C=O.N. The van der Waals surface area contributed by atoms with Gasteiger partial charge in [0.1, 0.15) is 6.79 Å². The fourth-order valence-corrected chi connectivity index (χ4v) is 0.932. The van der Waals surface area contributed by atoms with Crippen LogP contribution in [0.5, 0.6) is 5.75 Å². The van der Waals surface area contributed by atoms with Crippen LogP contribution in [0.15, 0.2) is 30.5 Å². The highest BCUT2D eigenvalue weighted by Gasteiger charge is 2.01. The van der Waals surface area contributed by atoms with Gasteiger partial charge in [-0.25, -0.2) is 5.48 Å². The Balaban J connectivity index is 0.000000451. The average Bonchev–Trinajstić information content (AvgIpc) is 2.21. The Morgan fingerprint density at radius 1 is 1.23 bits per heavy atom. The van der Waals surface area contributed by atoms with Gasteiger partial charge in [-0.15, -0.1) is 0 Å². The molecule has 13 heavy (non-hydrogen) atoms. The number of hydrogen-bond acceptors (Lipinski definition) is 4. The molecule has 0 unspecified atom stereocenters. The molecule has 4 N–H and O–H groups in total. The van der Waals surface area contributed by atoms with Crippen LogP contribution in [0.25, 0.3) is 6.08 Å². The van der Waals surface area contributed by atoms with Crippen LogP contribution >= 0.6 is 0 Å². The number of nitrogens with one attached hydrogen (secondary N) is 1. The number of para-hydroxylation sites is 1. The molecule has 0 bridgehead atoms. The largest absolute Gasteiger partial charge is 0.382 e. The molecular formula is C9H12N2O2. The minimum atomic E-state index is 0. The lowest BCUT2D eigenvalue weighted by molar-refractivity contribution is -0.0979. The molecule has 1 aromatic carbocycles. The van der Waals surface area contributed by atoms with E-state index in [9.17, 15) is 0 Å². The molecule has 4 heteroatoms. The first-order chi connectivity index (χ1) is 5.97. The molecule has 0 saturated carbocycles. The monoisotopic (exact) mass is 180 g/mol. The van der Waals surface area contributed by atoms with Crippen LogP contribution in [-0.4, -0.2) is 6.79 Å². The average molecular weight is 180 g/mol. The zero-order valence-corrected chi connectivity index (χ0v) is 7.19. The fraction of sp³-hybridized carbons (Fsp3) is 0. The molecule has 70 valence electrons. The first kappa shape index (κ1) is 11.2. The summed E-state index contributed by atoms with van der Waals surface area (Å²) >= 11 is 0. The van der Waals surface area contributed by atoms with Crippen LogP contribution in [0, 0.1) is 0 Å². The van der Waals surface area contributed by atoms with E-state index in [1.807, 2.05) is 37.1 Å². The van der Waals surface area contributed by atoms with Crippen molar-refractivity contribution in [2.75, 3.05) is 0 Å². The summed E-state index contributed by atoms with van der Waals surface area (Å²) < 4.78 is 0. The van der Waals surface area contributed by atoms with Gasteiger partial charge in [0.05, 0.1) is 0 Å². The lowest BCUT2D eigenvalue weighted by Crippen LogP contribution is -2.13. The zero-order valence-electron chi connectivity index (χ0n) is 7.19. The van der Waals surface area contributed by atoms with E-state index in [4.69, 9.17) is 9.63 Å². The number of fused-ring (bicyclic) bond motifs is 1. The predicted molar refractivity (Wildman–Crippen MR) is 51.4 cm³/mol. The van der Waals surface area contributed by atoms with Gasteiger partial charge in [-0.05, 0) is 12.1 Å². The highest BCUT2D eigenvalue weighted by atomic mass is 16.6. The van der Waals surface area contributed by atoms with Crippen molar-refractivity contribution in [1.29, 1.82) is 0 Å². The summed E-state index contributed by atoms with van der Waals surface area (Å²) in [5, 5.41) is 0. The Morgan fingerprint density at radius 2 is 1.92 bits per heavy atom. The normalized spacial score (nSPS) is 10.5. The van der Waals surface area contributed by atoms with Crippen LogP contribution in [-0.2, 0) is 4.79 Å². The zero-order chi connectivity index (χ0) is 8.81. The van der Waals surface area contributed by atoms with Gasteiger partial charge in [-0.2, -0.15) is 0 Å². The molecule has 4 nitrogen and oxygen atoms in total. The molecule has 0 atom stereocenters. The summed E-state index contributed by atoms with van der Waals surface area (Å²) in [7, 11) is 0. The number of hydroxylamine groups is 1. The lowest BCUT2D eigenvalue weighted by atomic mass is 10.2. The maximum Gasteiger partial charge on any atom is 0.162 e. The van der Waals surface area contributed by atoms with Crippen molar-refractivity contribution >= 4 is 12.9 Å². The second-order valence-corrected chi connectivity index (χ2v) is 2.09. The quantitative estimate of drug-likeness (QED) is 0.635. The highest BCUT2D eigenvalue weighted by molar-refractivity contribution is 5.57. The van der Waals surface area contributed by atoms with Crippen LogP contribution in [0.3, 0.4) is 0 Å². The third-order valence-corrected chi connectivity index (χ3v) is 1.42. The molecule has 0 saturated heterocycles. The minimum Gasteiger partial charge on any atom is -0.382 e. The Hall–Kier alpha value is -1.81. The Labute approximate surface area is 76.8 Å². The smallest absolute Gasteiger partial charge is 0.162 e.